The first-order chi connectivity index (χ1) is 18.2. The van der Waals surface area contributed by atoms with E-state index in [2.05, 4.69) is 29.9 Å². The highest BCUT2D eigenvalue weighted by atomic mass is 32.2. The summed E-state index contributed by atoms with van der Waals surface area (Å²) in [5, 5.41) is 9.24. The van der Waals surface area contributed by atoms with Gasteiger partial charge in [0.1, 0.15) is 11.6 Å². The monoisotopic (exact) mass is 529 g/mol. The number of pyridine rings is 1. The van der Waals surface area contributed by atoms with Gasteiger partial charge in [0.2, 0.25) is 10.0 Å². The van der Waals surface area contributed by atoms with Gasteiger partial charge in [-0.1, -0.05) is 12.1 Å². The molecule has 6 aromatic rings. The topological polar surface area (TPSA) is 121 Å². The number of fused-ring (bicyclic) bond motifs is 2. The van der Waals surface area contributed by atoms with Crippen LogP contribution in [0.3, 0.4) is 0 Å². The van der Waals surface area contributed by atoms with Crippen molar-refractivity contribution in [3.63, 3.8) is 0 Å². The lowest BCUT2D eigenvalue weighted by atomic mass is 9.99. The summed E-state index contributed by atoms with van der Waals surface area (Å²) in [4.78, 5) is 12.4. The van der Waals surface area contributed by atoms with Gasteiger partial charge in [-0.2, -0.15) is 5.10 Å². The molecule has 6 rings (SSSR count). The van der Waals surface area contributed by atoms with Gasteiger partial charge in [0.25, 0.3) is 0 Å². The fourth-order valence-corrected chi connectivity index (χ4v) is 5.11. The second kappa shape index (κ2) is 8.89. The molecule has 2 aromatic carbocycles. The lowest BCUT2D eigenvalue weighted by Gasteiger charge is -2.08. The second-order valence-electron chi connectivity index (χ2n) is 9.33. The molecule has 38 heavy (non-hydrogen) atoms. The van der Waals surface area contributed by atoms with Crippen LogP contribution in [0.4, 0.5) is 4.39 Å². The van der Waals surface area contributed by atoms with Crippen molar-refractivity contribution in [1.82, 2.24) is 34.4 Å². The van der Waals surface area contributed by atoms with Crippen LogP contribution in [-0.4, -0.2) is 44.4 Å². The number of hydrogen-bond acceptors (Lipinski definition) is 5. The maximum atomic E-state index is 14.5. The Morgan fingerprint density at radius 3 is 2.63 bits per heavy atom. The summed E-state index contributed by atoms with van der Waals surface area (Å²) in [5.74, 6) is 0.465. The minimum absolute atomic E-state index is 0.00358. The molecule has 0 amide bonds. The van der Waals surface area contributed by atoms with Crippen molar-refractivity contribution in [3.8, 4) is 33.8 Å². The molecule has 3 N–H and O–H groups in total. The number of halogens is 1. The standard InChI is InChI=1S/C27H24FN7O2S/c1-15-29-14-25(35(15)2)18-10-22-26(33-34-27(22)30-13-18)24-11-21-20(5-4-6-23(21)32-24)17-7-16(8-19(28)9-17)12-31-38(3,36)37/h4-11,13-14,31-32H,12H2,1-3H3,(H,30,33,34). The van der Waals surface area contributed by atoms with Gasteiger partial charge in [0, 0.05) is 41.6 Å². The number of sulfonamides is 1. The van der Waals surface area contributed by atoms with E-state index in [4.69, 9.17) is 0 Å². The quantitative estimate of drug-likeness (QED) is 0.290. The zero-order valence-corrected chi connectivity index (χ0v) is 21.7. The Bertz CT molecular complexity index is 1950. The molecule has 0 aliphatic heterocycles. The Morgan fingerprint density at radius 1 is 1.03 bits per heavy atom. The summed E-state index contributed by atoms with van der Waals surface area (Å²) in [7, 11) is -1.44. The fraction of sp³-hybridized carbons (Fsp3) is 0.148. The number of imidazole rings is 1. The second-order valence-corrected chi connectivity index (χ2v) is 11.2. The van der Waals surface area contributed by atoms with Crippen molar-refractivity contribution in [2.45, 2.75) is 13.5 Å². The van der Waals surface area contributed by atoms with Crippen LogP contribution in [0.5, 0.6) is 0 Å². The third-order valence-electron chi connectivity index (χ3n) is 6.67. The highest BCUT2D eigenvalue weighted by molar-refractivity contribution is 7.88. The molecular formula is C27H24FN7O2S. The van der Waals surface area contributed by atoms with Gasteiger partial charge in [0.15, 0.2) is 5.65 Å². The van der Waals surface area contributed by atoms with Crippen LogP contribution in [0.1, 0.15) is 11.4 Å². The van der Waals surface area contributed by atoms with Gasteiger partial charge in [0.05, 0.1) is 29.5 Å². The van der Waals surface area contributed by atoms with Crippen LogP contribution in [-0.2, 0) is 23.6 Å². The Morgan fingerprint density at radius 2 is 1.87 bits per heavy atom. The Hall–Kier alpha value is -4.35. The predicted molar refractivity (Wildman–Crippen MR) is 145 cm³/mol. The van der Waals surface area contributed by atoms with E-state index in [9.17, 15) is 12.8 Å². The molecule has 0 aliphatic rings. The maximum Gasteiger partial charge on any atom is 0.209 e. The first-order valence-electron chi connectivity index (χ1n) is 11.9. The van der Waals surface area contributed by atoms with Crippen LogP contribution in [0.2, 0.25) is 0 Å². The van der Waals surface area contributed by atoms with E-state index in [1.54, 1.807) is 12.3 Å². The smallest absolute Gasteiger partial charge is 0.209 e. The molecule has 192 valence electrons. The van der Waals surface area contributed by atoms with E-state index < -0.39 is 15.8 Å². The van der Waals surface area contributed by atoms with Crippen molar-refractivity contribution in [3.05, 3.63) is 78.1 Å². The normalized spacial score (nSPS) is 12.1. The fourth-order valence-electron chi connectivity index (χ4n) is 4.68. The van der Waals surface area contributed by atoms with Crippen molar-refractivity contribution < 1.29 is 12.8 Å². The first-order valence-corrected chi connectivity index (χ1v) is 13.7. The van der Waals surface area contributed by atoms with E-state index in [0.29, 0.717) is 16.8 Å². The van der Waals surface area contributed by atoms with Crippen LogP contribution >= 0.6 is 0 Å². The van der Waals surface area contributed by atoms with E-state index in [-0.39, 0.29) is 6.54 Å². The molecule has 9 nitrogen and oxygen atoms in total. The van der Waals surface area contributed by atoms with Gasteiger partial charge in [-0.25, -0.2) is 27.5 Å². The Labute approximate surface area is 217 Å². The molecule has 0 unspecified atom stereocenters. The highest BCUT2D eigenvalue weighted by Gasteiger charge is 2.16. The average Bonchev–Trinajstić information content (AvgIpc) is 3.58. The molecular weight excluding hydrogens is 505 g/mol. The molecule has 0 fully saturated rings. The van der Waals surface area contributed by atoms with E-state index in [1.807, 2.05) is 55.1 Å². The summed E-state index contributed by atoms with van der Waals surface area (Å²) in [6.07, 6.45) is 4.68. The minimum atomic E-state index is -3.41. The van der Waals surface area contributed by atoms with Crippen LogP contribution in [0.15, 0.2) is 60.9 Å². The van der Waals surface area contributed by atoms with Gasteiger partial charge >= 0.3 is 0 Å². The lowest BCUT2D eigenvalue weighted by molar-refractivity contribution is 0.586. The van der Waals surface area contributed by atoms with Gasteiger partial charge in [-0.3, -0.25) is 5.10 Å². The number of benzene rings is 2. The van der Waals surface area contributed by atoms with E-state index >= 15 is 0 Å². The predicted octanol–water partition coefficient (Wildman–Crippen LogP) is 4.67. The first kappa shape index (κ1) is 24.0. The highest BCUT2D eigenvalue weighted by Crippen LogP contribution is 2.35. The lowest BCUT2D eigenvalue weighted by Crippen LogP contribution is -2.21. The summed E-state index contributed by atoms with van der Waals surface area (Å²) in [6.45, 7) is 1.95. The maximum absolute atomic E-state index is 14.5. The number of H-pyrrole nitrogens is 2. The molecule has 0 aliphatic carbocycles. The summed E-state index contributed by atoms with van der Waals surface area (Å²) < 4.78 is 42.0. The van der Waals surface area contributed by atoms with Crippen LogP contribution in [0.25, 0.3) is 55.7 Å². The Kier molecular flexibility index (Phi) is 5.62. The van der Waals surface area contributed by atoms with Crippen LogP contribution < -0.4 is 4.72 Å². The molecule has 4 aromatic heterocycles. The number of aryl methyl sites for hydroxylation is 1. The molecule has 0 bridgehead atoms. The number of aromatic nitrogens is 6. The van der Waals surface area contributed by atoms with Gasteiger partial charge < -0.3 is 9.55 Å². The number of nitrogens with one attached hydrogen (secondary N) is 3. The minimum Gasteiger partial charge on any atom is -0.353 e. The SMILES string of the molecule is Cc1ncc(-c2cnc3n[nH]c(-c4cc5c(-c6cc(F)cc(CNS(C)(=O)=O)c6)cccc5[nH]4)c3c2)n1C. The molecule has 0 atom stereocenters. The molecule has 11 heteroatoms. The zero-order chi connectivity index (χ0) is 26.6. The zero-order valence-electron chi connectivity index (χ0n) is 20.9. The number of aromatic amines is 2. The average molecular weight is 530 g/mol. The molecule has 0 spiro atoms. The van der Waals surface area contributed by atoms with Crippen LogP contribution in [0, 0.1) is 12.7 Å². The van der Waals surface area contributed by atoms with Gasteiger partial charge in [-0.05, 0) is 60.0 Å². The molecule has 0 radical (unpaired) electrons. The molecule has 4 heterocycles. The third kappa shape index (κ3) is 4.35. The Balaban J connectivity index is 1.44. The number of rotatable bonds is 6. The van der Waals surface area contributed by atoms with Crippen molar-refractivity contribution in [2.75, 3.05) is 6.26 Å². The van der Waals surface area contributed by atoms with Crippen molar-refractivity contribution in [2.24, 2.45) is 7.05 Å². The van der Waals surface area contributed by atoms with Crippen molar-refractivity contribution in [1.29, 1.82) is 0 Å². The van der Waals surface area contributed by atoms with Gasteiger partial charge in [-0.15, -0.1) is 0 Å². The molecule has 0 saturated carbocycles. The van der Waals surface area contributed by atoms with E-state index in [0.717, 1.165) is 56.6 Å². The summed E-state index contributed by atoms with van der Waals surface area (Å²) in [5.41, 5.74) is 6.93. The van der Waals surface area contributed by atoms with Crippen molar-refractivity contribution >= 4 is 32.0 Å². The van der Waals surface area contributed by atoms with E-state index in [1.165, 1.54) is 12.1 Å². The summed E-state index contributed by atoms with van der Waals surface area (Å²) >= 11 is 0. The molecule has 0 saturated heterocycles. The number of hydrogen-bond donors (Lipinski definition) is 3. The third-order valence-corrected chi connectivity index (χ3v) is 7.34. The number of nitrogens with zero attached hydrogens (tertiary/aromatic N) is 4. The summed E-state index contributed by atoms with van der Waals surface area (Å²) in [6, 6.07) is 14.4. The largest absolute Gasteiger partial charge is 0.353 e.